The van der Waals surface area contributed by atoms with Crippen molar-refractivity contribution in [3.8, 4) is 0 Å². The molecule has 10 heteroatoms. The summed E-state index contributed by atoms with van der Waals surface area (Å²) in [6.45, 7) is -1.59. The lowest BCUT2D eigenvalue weighted by Gasteiger charge is -2.32. The number of ether oxygens (including phenoxy) is 1. The number of rotatable bonds is 8. The highest BCUT2D eigenvalue weighted by Crippen LogP contribution is 2.48. The van der Waals surface area contributed by atoms with Crippen molar-refractivity contribution in [3.05, 3.63) is 0 Å². The van der Waals surface area contributed by atoms with Gasteiger partial charge in [0.25, 0.3) is 0 Å². The van der Waals surface area contributed by atoms with E-state index in [1.165, 1.54) is 6.92 Å². The van der Waals surface area contributed by atoms with Crippen molar-refractivity contribution in [3.63, 3.8) is 0 Å². The first-order chi connectivity index (χ1) is 8.40. The lowest BCUT2D eigenvalue weighted by atomic mass is 10.1. The van der Waals surface area contributed by atoms with Gasteiger partial charge >= 0.3 is 24.2 Å². The molecule has 0 aliphatic heterocycles. The summed E-state index contributed by atoms with van der Waals surface area (Å²) in [6, 6.07) is 0. The first-order valence-corrected chi connectivity index (χ1v) is 5.07. The fourth-order valence-electron chi connectivity index (χ4n) is 0.912. The molecule has 0 radical (unpaired) electrons. The van der Waals surface area contributed by atoms with Crippen molar-refractivity contribution < 1.29 is 45.0 Å². The number of aliphatic hydroxyl groups is 1. The Morgan fingerprint density at radius 3 is 1.89 bits per heavy atom. The van der Waals surface area contributed by atoms with Gasteiger partial charge in [-0.2, -0.15) is 26.3 Å². The molecule has 0 aliphatic rings. The molecule has 0 heterocycles. The standard InChI is InChI=1S/C9H12F8O2/c1-2-5(18)3-19-4-7(12,13)9(16,17)8(14,15)6(10)11/h5-6,18H,2-4H2,1H3. The minimum atomic E-state index is -6.27. The largest absolute Gasteiger partial charge is 0.391 e. The van der Waals surface area contributed by atoms with Crippen LogP contribution in [0.1, 0.15) is 13.3 Å². The SMILES string of the molecule is CCC(O)COCC(F)(F)C(F)(F)C(F)(F)C(F)F. The topological polar surface area (TPSA) is 29.5 Å². The minimum absolute atomic E-state index is 0.0508. The van der Waals surface area contributed by atoms with Crippen LogP contribution in [0.5, 0.6) is 0 Å². The van der Waals surface area contributed by atoms with E-state index in [1.54, 1.807) is 0 Å². The number of aliphatic hydroxyl groups excluding tert-OH is 1. The van der Waals surface area contributed by atoms with E-state index in [0.29, 0.717) is 0 Å². The molecule has 1 N–H and O–H groups in total. The molecule has 0 bridgehead atoms. The third kappa shape index (κ3) is 3.91. The van der Waals surface area contributed by atoms with E-state index in [4.69, 9.17) is 5.11 Å². The zero-order chi connectivity index (χ0) is 15.5. The van der Waals surface area contributed by atoms with Crippen LogP contribution in [-0.2, 0) is 4.74 Å². The molecule has 19 heavy (non-hydrogen) atoms. The fourth-order valence-corrected chi connectivity index (χ4v) is 0.912. The highest BCUT2D eigenvalue weighted by atomic mass is 19.4. The van der Waals surface area contributed by atoms with Crippen molar-refractivity contribution >= 4 is 0 Å². The van der Waals surface area contributed by atoms with E-state index < -0.39 is 43.5 Å². The van der Waals surface area contributed by atoms with Crippen LogP contribution in [0.3, 0.4) is 0 Å². The molecule has 0 aromatic rings. The van der Waals surface area contributed by atoms with Crippen LogP contribution in [0.15, 0.2) is 0 Å². The molecule has 116 valence electrons. The number of alkyl halides is 8. The minimum Gasteiger partial charge on any atom is -0.391 e. The monoisotopic (exact) mass is 304 g/mol. The van der Waals surface area contributed by atoms with Gasteiger partial charge in [0, 0.05) is 0 Å². The molecule has 0 saturated heterocycles. The molecule has 0 spiro atoms. The van der Waals surface area contributed by atoms with Gasteiger partial charge in [0.2, 0.25) is 0 Å². The summed E-state index contributed by atoms with van der Waals surface area (Å²) in [5.74, 6) is -18.0. The van der Waals surface area contributed by atoms with Crippen molar-refractivity contribution in [1.82, 2.24) is 0 Å². The van der Waals surface area contributed by atoms with Crippen LogP contribution in [0.25, 0.3) is 0 Å². The maximum absolute atomic E-state index is 12.8. The smallest absolute Gasteiger partial charge is 0.380 e. The Hall–Kier alpha value is -0.640. The second-order valence-electron chi connectivity index (χ2n) is 3.78. The summed E-state index contributed by atoms with van der Waals surface area (Å²) in [4.78, 5) is 0. The number of halogens is 8. The van der Waals surface area contributed by atoms with Gasteiger partial charge in [-0.15, -0.1) is 0 Å². The normalized spacial score (nSPS) is 15.9. The summed E-state index contributed by atoms with van der Waals surface area (Å²) >= 11 is 0. The third-order valence-electron chi connectivity index (χ3n) is 2.22. The van der Waals surface area contributed by atoms with Gasteiger partial charge in [-0.05, 0) is 6.42 Å². The molecule has 0 rings (SSSR count). The molecule has 1 unspecified atom stereocenters. The maximum atomic E-state index is 12.8. The third-order valence-corrected chi connectivity index (χ3v) is 2.22. The summed E-state index contributed by atoms with van der Waals surface area (Å²) in [6.07, 6.45) is -6.15. The van der Waals surface area contributed by atoms with Crippen LogP contribution in [0, 0.1) is 0 Å². The predicted molar refractivity (Wildman–Crippen MR) is 48.0 cm³/mol. The lowest BCUT2D eigenvalue weighted by Crippen LogP contribution is -2.59. The van der Waals surface area contributed by atoms with Crippen LogP contribution >= 0.6 is 0 Å². The first-order valence-electron chi connectivity index (χ1n) is 5.07. The Bertz CT molecular complexity index is 281. The fraction of sp³-hybridized carbons (Fsp3) is 1.00. The quantitative estimate of drug-likeness (QED) is 0.699. The summed E-state index contributed by atoms with van der Waals surface area (Å²) in [5.41, 5.74) is 0. The average Bonchev–Trinajstić information content (AvgIpc) is 2.27. The Morgan fingerprint density at radius 2 is 1.53 bits per heavy atom. The molecule has 2 nitrogen and oxygen atoms in total. The molecular formula is C9H12F8O2. The molecular weight excluding hydrogens is 292 g/mol. The molecule has 0 fully saturated rings. The number of hydrogen-bond donors (Lipinski definition) is 1. The Morgan fingerprint density at radius 1 is 1.05 bits per heavy atom. The van der Waals surface area contributed by atoms with Crippen LogP contribution in [-0.4, -0.2) is 48.6 Å². The Labute approximate surface area is 103 Å². The summed E-state index contributed by atoms with van der Waals surface area (Å²) in [7, 11) is 0. The van der Waals surface area contributed by atoms with Crippen molar-refractivity contribution in [2.24, 2.45) is 0 Å². The van der Waals surface area contributed by atoms with Crippen LogP contribution in [0.4, 0.5) is 35.1 Å². The van der Waals surface area contributed by atoms with E-state index >= 15 is 0 Å². The van der Waals surface area contributed by atoms with Crippen molar-refractivity contribution in [2.75, 3.05) is 13.2 Å². The van der Waals surface area contributed by atoms with Gasteiger partial charge < -0.3 is 9.84 Å². The van der Waals surface area contributed by atoms with E-state index in [0.717, 1.165) is 0 Å². The van der Waals surface area contributed by atoms with Gasteiger partial charge in [0.1, 0.15) is 6.61 Å². The Balaban J connectivity index is 4.78. The molecule has 1 atom stereocenters. The van der Waals surface area contributed by atoms with Gasteiger partial charge in [0.05, 0.1) is 12.7 Å². The summed E-state index contributed by atoms with van der Waals surface area (Å²) in [5, 5.41) is 8.88. The first kappa shape index (κ1) is 18.4. The van der Waals surface area contributed by atoms with Gasteiger partial charge in [-0.3, -0.25) is 0 Å². The van der Waals surface area contributed by atoms with Gasteiger partial charge in [-0.1, -0.05) is 6.92 Å². The van der Waals surface area contributed by atoms with Crippen LogP contribution in [0.2, 0.25) is 0 Å². The molecule has 0 aromatic heterocycles. The highest BCUT2D eigenvalue weighted by Gasteiger charge is 2.75. The molecule has 0 aliphatic carbocycles. The zero-order valence-electron chi connectivity index (χ0n) is 9.66. The molecule has 0 aromatic carbocycles. The van der Waals surface area contributed by atoms with Crippen molar-refractivity contribution in [2.45, 2.75) is 43.6 Å². The van der Waals surface area contributed by atoms with Crippen LogP contribution < -0.4 is 0 Å². The van der Waals surface area contributed by atoms with E-state index in [9.17, 15) is 35.1 Å². The van der Waals surface area contributed by atoms with E-state index in [1.807, 2.05) is 0 Å². The second kappa shape index (κ2) is 6.21. The number of hydrogen-bond acceptors (Lipinski definition) is 2. The molecule has 0 saturated carbocycles. The van der Waals surface area contributed by atoms with E-state index in [2.05, 4.69) is 4.74 Å². The Kier molecular flexibility index (Phi) is 6.00. The van der Waals surface area contributed by atoms with Crippen molar-refractivity contribution in [1.29, 1.82) is 0 Å². The zero-order valence-corrected chi connectivity index (χ0v) is 9.66. The highest BCUT2D eigenvalue weighted by molar-refractivity contribution is 4.97. The van der Waals surface area contributed by atoms with Gasteiger partial charge in [-0.25, -0.2) is 8.78 Å². The average molecular weight is 304 g/mol. The predicted octanol–water partition coefficient (Wildman–Crippen LogP) is 2.94. The van der Waals surface area contributed by atoms with Gasteiger partial charge in [0.15, 0.2) is 0 Å². The molecule has 0 amide bonds. The van der Waals surface area contributed by atoms with E-state index in [-0.39, 0.29) is 6.42 Å². The maximum Gasteiger partial charge on any atom is 0.380 e. The second-order valence-corrected chi connectivity index (χ2v) is 3.78. The lowest BCUT2D eigenvalue weighted by molar-refractivity contribution is -0.346. The summed E-state index contributed by atoms with van der Waals surface area (Å²) < 4.78 is 103.